The van der Waals surface area contributed by atoms with Crippen molar-refractivity contribution in [3.63, 3.8) is 0 Å². The SMILES string of the molecule is CCC(C)C(C=O)NC(=O)c1cc2ccccc2[nH]1. The molecule has 2 N–H and O–H groups in total. The first-order chi connectivity index (χ1) is 9.15. The monoisotopic (exact) mass is 258 g/mol. The summed E-state index contributed by atoms with van der Waals surface area (Å²) in [5.41, 5.74) is 1.40. The van der Waals surface area contributed by atoms with Gasteiger partial charge in [0, 0.05) is 10.9 Å². The van der Waals surface area contributed by atoms with E-state index in [0.29, 0.717) is 5.69 Å². The van der Waals surface area contributed by atoms with Crippen LogP contribution in [0.4, 0.5) is 0 Å². The topological polar surface area (TPSA) is 62.0 Å². The van der Waals surface area contributed by atoms with Crippen molar-refractivity contribution in [2.75, 3.05) is 0 Å². The van der Waals surface area contributed by atoms with Crippen LogP contribution in [-0.2, 0) is 4.79 Å². The van der Waals surface area contributed by atoms with E-state index in [-0.39, 0.29) is 11.8 Å². The summed E-state index contributed by atoms with van der Waals surface area (Å²) in [6, 6.07) is 9.04. The predicted octanol–water partition coefficient (Wildman–Crippen LogP) is 2.51. The van der Waals surface area contributed by atoms with Gasteiger partial charge in [-0.3, -0.25) is 4.79 Å². The highest BCUT2D eigenvalue weighted by atomic mass is 16.2. The summed E-state index contributed by atoms with van der Waals surface area (Å²) < 4.78 is 0. The molecule has 4 heteroatoms. The van der Waals surface area contributed by atoms with Crippen LogP contribution in [0.2, 0.25) is 0 Å². The minimum Gasteiger partial charge on any atom is -0.351 e. The van der Waals surface area contributed by atoms with Crippen molar-refractivity contribution in [1.29, 1.82) is 0 Å². The van der Waals surface area contributed by atoms with Crippen LogP contribution in [0.3, 0.4) is 0 Å². The zero-order chi connectivity index (χ0) is 13.8. The summed E-state index contributed by atoms with van der Waals surface area (Å²) in [6.45, 7) is 3.95. The van der Waals surface area contributed by atoms with Gasteiger partial charge in [-0.25, -0.2) is 0 Å². The van der Waals surface area contributed by atoms with Crippen LogP contribution in [0.5, 0.6) is 0 Å². The Hall–Kier alpha value is -2.10. The van der Waals surface area contributed by atoms with Crippen LogP contribution in [0.25, 0.3) is 10.9 Å². The van der Waals surface area contributed by atoms with Crippen molar-refractivity contribution >= 4 is 23.1 Å². The van der Waals surface area contributed by atoms with Gasteiger partial charge in [-0.15, -0.1) is 0 Å². The van der Waals surface area contributed by atoms with Gasteiger partial charge in [0.1, 0.15) is 12.0 Å². The number of amides is 1. The van der Waals surface area contributed by atoms with Crippen LogP contribution in [0, 0.1) is 5.92 Å². The molecule has 0 saturated heterocycles. The van der Waals surface area contributed by atoms with Crippen molar-refractivity contribution in [2.45, 2.75) is 26.3 Å². The molecule has 0 aliphatic carbocycles. The molecule has 2 aromatic rings. The fourth-order valence-electron chi connectivity index (χ4n) is 1.99. The van der Waals surface area contributed by atoms with Crippen LogP contribution < -0.4 is 5.32 Å². The van der Waals surface area contributed by atoms with E-state index >= 15 is 0 Å². The summed E-state index contributed by atoms with van der Waals surface area (Å²) in [5.74, 6) is -0.112. The number of rotatable bonds is 5. The molecular weight excluding hydrogens is 240 g/mol. The second kappa shape index (κ2) is 5.69. The zero-order valence-electron chi connectivity index (χ0n) is 11.1. The Morgan fingerprint density at radius 3 is 2.79 bits per heavy atom. The first-order valence-electron chi connectivity index (χ1n) is 6.49. The minimum atomic E-state index is -0.441. The molecule has 2 rings (SSSR count). The molecule has 1 aromatic carbocycles. The van der Waals surface area contributed by atoms with Gasteiger partial charge >= 0.3 is 0 Å². The lowest BCUT2D eigenvalue weighted by atomic mass is 10.0. The normalized spacial score (nSPS) is 14.0. The molecule has 1 amide bonds. The van der Waals surface area contributed by atoms with E-state index < -0.39 is 6.04 Å². The molecule has 0 bridgehead atoms. The highest BCUT2D eigenvalue weighted by molar-refractivity contribution is 5.98. The highest BCUT2D eigenvalue weighted by Gasteiger charge is 2.19. The molecule has 1 aromatic heterocycles. The maximum absolute atomic E-state index is 12.1. The van der Waals surface area contributed by atoms with E-state index in [1.54, 1.807) is 6.07 Å². The number of fused-ring (bicyclic) bond motifs is 1. The van der Waals surface area contributed by atoms with Gasteiger partial charge in [-0.1, -0.05) is 38.5 Å². The highest BCUT2D eigenvalue weighted by Crippen LogP contribution is 2.15. The molecule has 0 aliphatic rings. The Morgan fingerprint density at radius 2 is 2.16 bits per heavy atom. The summed E-state index contributed by atoms with van der Waals surface area (Å²) in [7, 11) is 0. The number of aromatic amines is 1. The third-order valence-electron chi connectivity index (χ3n) is 3.48. The van der Waals surface area contributed by atoms with Crippen molar-refractivity contribution < 1.29 is 9.59 Å². The zero-order valence-corrected chi connectivity index (χ0v) is 11.1. The first-order valence-corrected chi connectivity index (χ1v) is 6.49. The Labute approximate surface area is 112 Å². The lowest BCUT2D eigenvalue weighted by Crippen LogP contribution is -2.40. The number of aromatic nitrogens is 1. The molecule has 1 heterocycles. The average molecular weight is 258 g/mol. The number of hydrogen-bond donors (Lipinski definition) is 2. The molecule has 100 valence electrons. The van der Waals surface area contributed by atoms with E-state index in [4.69, 9.17) is 0 Å². The van der Waals surface area contributed by atoms with E-state index in [1.165, 1.54) is 0 Å². The van der Waals surface area contributed by atoms with Gasteiger partial charge in [0.15, 0.2) is 0 Å². The van der Waals surface area contributed by atoms with Gasteiger partial charge < -0.3 is 15.1 Å². The number of aldehydes is 1. The summed E-state index contributed by atoms with van der Waals surface area (Å²) in [6.07, 6.45) is 1.64. The maximum atomic E-state index is 12.1. The fraction of sp³-hybridized carbons (Fsp3) is 0.333. The summed E-state index contributed by atoms with van der Waals surface area (Å²) in [5, 5.41) is 3.74. The number of benzene rings is 1. The van der Waals surface area contributed by atoms with Crippen molar-refractivity contribution in [3.8, 4) is 0 Å². The molecule has 0 spiro atoms. The van der Waals surface area contributed by atoms with Gasteiger partial charge in [-0.05, 0) is 18.1 Å². The Morgan fingerprint density at radius 1 is 1.42 bits per heavy atom. The van der Waals surface area contributed by atoms with E-state index in [1.807, 2.05) is 38.1 Å². The van der Waals surface area contributed by atoms with Gasteiger partial charge in [0.05, 0.1) is 6.04 Å². The smallest absolute Gasteiger partial charge is 0.268 e. The number of nitrogens with one attached hydrogen (secondary N) is 2. The van der Waals surface area contributed by atoms with Gasteiger partial charge in [0.2, 0.25) is 0 Å². The Kier molecular flexibility index (Phi) is 4.00. The summed E-state index contributed by atoms with van der Waals surface area (Å²) in [4.78, 5) is 26.2. The lowest BCUT2D eigenvalue weighted by molar-refractivity contribution is -0.110. The second-order valence-corrected chi connectivity index (χ2v) is 4.79. The average Bonchev–Trinajstić information content (AvgIpc) is 2.87. The standard InChI is InChI=1S/C15H18N2O2/c1-3-10(2)14(9-18)17-15(19)13-8-11-6-4-5-7-12(11)16-13/h4-10,14,16H,3H2,1-2H3,(H,17,19). The molecule has 0 saturated carbocycles. The van der Waals surface area contributed by atoms with E-state index in [2.05, 4.69) is 10.3 Å². The summed E-state index contributed by atoms with van der Waals surface area (Å²) >= 11 is 0. The lowest BCUT2D eigenvalue weighted by Gasteiger charge is -2.17. The van der Waals surface area contributed by atoms with E-state index in [0.717, 1.165) is 23.6 Å². The molecular formula is C15H18N2O2. The quantitative estimate of drug-likeness (QED) is 0.809. The van der Waals surface area contributed by atoms with Gasteiger partial charge in [-0.2, -0.15) is 0 Å². The Balaban J connectivity index is 2.17. The van der Waals surface area contributed by atoms with Crippen molar-refractivity contribution in [3.05, 3.63) is 36.0 Å². The number of hydrogen-bond acceptors (Lipinski definition) is 2. The predicted molar refractivity (Wildman–Crippen MR) is 75.1 cm³/mol. The fourth-order valence-corrected chi connectivity index (χ4v) is 1.99. The second-order valence-electron chi connectivity index (χ2n) is 4.79. The maximum Gasteiger partial charge on any atom is 0.268 e. The third-order valence-corrected chi connectivity index (χ3v) is 3.48. The Bertz CT molecular complexity index is 556. The minimum absolute atomic E-state index is 0.130. The number of carbonyl (C=O) groups is 2. The van der Waals surface area contributed by atoms with Crippen LogP contribution in [-0.4, -0.2) is 23.2 Å². The number of H-pyrrole nitrogens is 1. The molecule has 0 fully saturated rings. The van der Waals surface area contributed by atoms with Crippen LogP contribution in [0.15, 0.2) is 30.3 Å². The largest absolute Gasteiger partial charge is 0.351 e. The third kappa shape index (κ3) is 2.84. The first kappa shape index (κ1) is 13.3. The molecule has 0 aliphatic heterocycles. The number of carbonyl (C=O) groups excluding carboxylic acids is 2. The molecule has 0 radical (unpaired) electrons. The van der Waals surface area contributed by atoms with Crippen molar-refractivity contribution in [2.24, 2.45) is 5.92 Å². The molecule has 4 nitrogen and oxygen atoms in total. The molecule has 2 atom stereocenters. The molecule has 2 unspecified atom stereocenters. The van der Waals surface area contributed by atoms with Gasteiger partial charge in [0.25, 0.3) is 5.91 Å². The number of para-hydroxylation sites is 1. The molecule has 19 heavy (non-hydrogen) atoms. The van der Waals surface area contributed by atoms with Crippen LogP contribution >= 0.6 is 0 Å². The van der Waals surface area contributed by atoms with E-state index in [9.17, 15) is 9.59 Å². The van der Waals surface area contributed by atoms with Crippen LogP contribution in [0.1, 0.15) is 30.8 Å². The van der Waals surface area contributed by atoms with Crippen molar-refractivity contribution in [1.82, 2.24) is 10.3 Å².